The largest absolute Gasteiger partial charge is 0.381 e. The minimum absolute atomic E-state index is 0.483. The molecule has 1 heterocycles. The van der Waals surface area contributed by atoms with Gasteiger partial charge in [0.25, 0.3) is 0 Å². The van der Waals surface area contributed by atoms with E-state index in [0.717, 1.165) is 13.2 Å². The van der Waals surface area contributed by atoms with Gasteiger partial charge in [-0.15, -0.1) is 0 Å². The van der Waals surface area contributed by atoms with E-state index in [0.29, 0.717) is 11.5 Å². The third-order valence-corrected chi connectivity index (χ3v) is 2.76. The van der Waals surface area contributed by atoms with Crippen molar-refractivity contribution >= 4 is 0 Å². The highest BCUT2D eigenvalue weighted by molar-refractivity contribution is 4.70. The Hall–Kier alpha value is -0.0800. The fourth-order valence-electron chi connectivity index (χ4n) is 1.83. The van der Waals surface area contributed by atoms with Crippen molar-refractivity contribution in [1.29, 1.82) is 0 Å². The number of ether oxygens (including phenoxy) is 1. The average Bonchev–Trinajstić information content (AvgIpc) is 2.13. The predicted octanol–water partition coefficient (Wildman–Crippen LogP) is 2.58. The summed E-state index contributed by atoms with van der Waals surface area (Å²) in [5.41, 5.74) is 0.483. The Morgan fingerprint density at radius 3 is 2.43 bits per heavy atom. The topological polar surface area (TPSA) is 21.3 Å². The molecule has 1 N–H and O–H groups in total. The Morgan fingerprint density at radius 2 is 1.86 bits per heavy atom. The molecule has 1 aliphatic rings. The fraction of sp³-hybridized carbons (Fsp3) is 1.00. The Labute approximate surface area is 88.4 Å². The van der Waals surface area contributed by atoms with Crippen molar-refractivity contribution in [3.8, 4) is 0 Å². The molecule has 0 atom stereocenters. The lowest BCUT2D eigenvalue weighted by molar-refractivity contribution is 0.0778. The van der Waals surface area contributed by atoms with Crippen LogP contribution in [0.1, 0.15) is 46.5 Å². The van der Waals surface area contributed by atoms with Gasteiger partial charge in [0.2, 0.25) is 0 Å². The molecule has 0 unspecified atom stereocenters. The summed E-state index contributed by atoms with van der Waals surface area (Å²) < 4.78 is 5.32. The highest BCUT2D eigenvalue weighted by Crippen LogP contribution is 2.20. The van der Waals surface area contributed by atoms with Crippen LogP contribution in [0.15, 0.2) is 0 Å². The maximum atomic E-state index is 5.32. The predicted molar refractivity (Wildman–Crippen MR) is 60.5 cm³/mol. The first-order valence-electron chi connectivity index (χ1n) is 5.89. The smallest absolute Gasteiger partial charge is 0.0480 e. The molecule has 1 rings (SSSR count). The average molecular weight is 199 g/mol. The Bertz CT molecular complexity index is 145. The van der Waals surface area contributed by atoms with Crippen molar-refractivity contribution in [2.75, 3.05) is 19.8 Å². The van der Waals surface area contributed by atoms with Gasteiger partial charge in [-0.2, -0.15) is 0 Å². The first-order valence-corrected chi connectivity index (χ1v) is 5.89. The van der Waals surface area contributed by atoms with E-state index in [9.17, 15) is 0 Å². The van der Waals surface area contributed by atoms with Gasteiger partial charge in [0.05, 0.1) is 0 Å². The molecule has 2 nitrogen and oxygen atoms in total. The summed E-state index contributed by atoms with van der Waals surface area (Å²) in [7, 11) is 0. The van der Waals surface area contributed by atoms with E-state index in [1.54, 1.807) is 0 Å². The lowest BCUT2D eigenvalue weighted by Crippen LogP contribution is -2.35. The molecule has 1 aliphatic heterocycles. The van der Waals surface area contributed by atoms with Crippen LogP contribution in [-0.4, -0.2) is 25.8 Å². The lowest BCUT2D eigenvalue weighted by Gasteiger charge is -2.24. The van der Waals surface area contributed by atoms with E-state index >= 15 is 0 Å². The summed E-state index contributed by atoms with van der Waals surface area (Å²) in [5, 5.41) is 3.61. The van der Waals surface area contributed by atoms with Crippen molar-refractivity contribution in [2.45, 2.75) is 52.5 Å². The second kappa shape index (κ2) is 5.72. The summed E-state index contributed by atoms with van der Waals surface area (Å²) in [6.07, 6.45) is 4.98. The van der Waals surface area contributed by atoms with Crippen LogP contribution in [0.4, 0.5) is 0 Å². The van der Waals surface area contributed by atoms with Crippen LogP contribution < -0.4 is 5.32 Å². The normalized spacial score (nSPS) is 19.9. The van der Waals surface area contributed by atoms with Gasteiger partial charge in [-0.05, 0) is 37.6 Å². The summed E-state index contributed by atoms with van der Waals surface area (Å²) in [6.45, 7) is 9.97. The van der Waals surface area contributed by atoms with E-state index in [2.05, 4.69) is 26.1 Å². The van der Waals surface area contributed by atoms with Crippen molar-refractivity contribution in [3.63, 3.8) is 0 Å². The zero-order valence-corrected chi connectivity index (χ0v) is 9.94. The first kappa shape index (κ1) is 12.0. The molecular weight excluding hydrogens is 174 g/mol. The van der Waals surface area contributed by atoms with Crippen LogP contribution in [0.3, 0.4) is 0 Å². The summed E-state index contributed by atoms with van der Waals surface area (Å²) in [6, 6.07) is 0.712. The molecule has 0 bridgehead atoms. The molecule has 0 spiro atoms. The van der Waals surface area contributed by atoms with Gasteiger partial charge in [-0.25, -0.2) is 0 Å². The third-order valence-electron chi connectivity index (χ3n) is 2.76. The molecule has 2 heteroatoms. The molecule has 0 aliphatic carbocycles. The minimum Gasteiger partial charge on any atom is -0.381 e. The summed E-state index contributed by atoms with van der Waals surface area (Å²) >= 11 is 0. The second-order valence-corrected chi connectivity index (χ2v) is 5.50. The quantitative estimate of drug-likeness (QED) is 0.703. The molecule has 1 fully saturated rings. The number of nitrogens with one attached hydrogen (secondary N) is 1. The number of hydrogen-bond acceptors (Lipinski definition) is 2. The van der Waals surface area contributed by atoms with E-state index in [4.69, 9.17) is 4.74 Å². The minimum atomic E-state index is 0.483. The monoisotopic (exact) mass is 199 g/mol. The van der Waals surface area contributed by atoms with Crippen LogP contribution in [-0.2, 0) is 4.74 Å². The van der Waals surface area contributed by atoms with Gasteiger partial charge in [-0.1, -0.05) is 20.8 Å². The van der Waals surface area contributed by atoms with Crippen LogP contribution >= 0.6 is 0 Å². The van der Waals surface area contributed by atoms with E-state index in [1.807, 2.05) is 0 Å². The van der Waals surface area contributed by atoms with Crippen molar-refractivity contribution in [1.82, 2.24) is 5.32 Å². The molecule has 0 aromatic heterocycles. The maximum Gasteiger partial charge on any atom is 0.0480 e. The van der Waals surface area contributed by atoms with Crippen LogP contribution in [0.5, 0.6) is 0 Å². The zero-order chi connectivity index (χ0) is 10.4. The Kier molecular flexibility index (Phi) is 4.90. The van der Waals surface area contributed by atoms with Crippen molar-refractivity contribution in [3.05, 3.63) is 0 Å². The van der Waals surface area contributed by atoms with Gasteiger partial charge in [0, 0.05) is 19.3 Å². The van der Waals surface area contributed by atoms with Gasteiger partial charge in [-0.3, -0.25) is 0 Å². The van der Waals surface area contributed by atoms with Crippen LogP contribution in [0, 0.1) is 5.41 Å². The maximum absolute atomic E-state index is 5.32. The van der Waals surface area contributed by atoms with E-state index < -0.39 is 0 Å². The number of rotatable bonds is 4. The number of hydrogen-bond donors (Lipinski definition) is 1. The highest BCUT2D eigenvalue weighted by atomic mass is 16.5. The van der Waals surface area contributed by atoms with E-state index in [-0.39, 0.29) is 0 Å². The van der Waals surface area contributed by atoms with E-state index in [1.165, 1.54) is 32.2 Å². The van der Waals surface area contributed by atoms with Crippen LogP contribution in [0.25, 0.3) is 0 Å². The highest BCUT2D eigenvalue weighted by Gasteiger charge is 2.13. The zero-order valence-electron chi connectivity index (χ0n) is 9.94. The SMILES string of the molecule is CC(C)(C)CCCNC1CCOCC1. The summed E-state index contributed by atoms with van der Waals surface area (Å²) in [4.78, 5) is 0. The standard InChI is InChI=1S/C12H25NO/c1-12(2,3)7-4-8-13-11-5-9-14-10-6-11/h11,13H,4-10H2,1-3H3. The molecule has 84 valence electrons. The molecular formula is C12H25NO. The van der Waals surface area contributed by atoms with Gasteiger partial charge < -0.3 is 10.1 Å². The van der Waals surface area contributed by atoms with Gasteiger partial charge in [0.15, 0.2) is 0 Å². The van der Waals surface area contributed by atoms with Gasteiger partial charge >= 0.3 is 0 Å². The molecule has 0 aromatic carbocycles. The van der Waals surface area contributed by atoms with Crippen molar-refractivity contribution in [2.24, 2.45) is 5.41 Å². The molecule has 0 aromatic rings. The first-order chi connectivity index (χ1) is 6.58. The Morgan fingerprint density at radius 1 is 1.21 bits per heavy atom. The van der Waals surface area contributed by atoms with Crippen molar-refractivity contribution < 1.29 is 4.74 Å². The van der Waals surface area contributed by atoms with Gasteiger partial charge in [0.1, 0.15) is 0 Å². The third kappa shape index (κ3) is 5.61. The lowest BCUT2D eigenvalue weighted by atomic mass is 9.90. The Balaban J connectivity index is 1.97. The molecule has 0 radical (unpaired) electrons. The molecule has 0 amide bonds. The molecule has 14 heavy (non-hydrogen) atoms. The summed E-state index contributed by atoms with van der Waals surface area (Å²) in [5.74, 6) is 0. The molecule has 0 saturated carbocycles. The van der Waals surface area contributed by atoms with Crippen LogP contribution in [0.2, 0.25) is 0 Å². The molecule has 1 saturated heterocycles. The second-order valence-electron chi connectivity index (χ2n) is 5.50. The fourth-order valence-corrected chi connectivity index (χ4v) is 1.83.